The number of fused-ring (bicyclic) bond motifs is 2. The fourth-order valence-corrected chi connectivity index (χ4v) is 4.85. The van der Waals surface area contributed by atoms with Gasteiger partial charge in [0, 0.05) is 23.0 Å². The minimum Gasteiger partial charge on any atom is -0.507 e. The molecular formula is C17H20O6. The summed E-state index contributed by atoms with van der Waals surface area (Å²) >= 11 is 0. The van der Waals surface area contributed by atoms with Crippen molar-refractivity contribution in [2.24, 2.45) is 17.3 Å². The predicted octanol–water partition coefficient (Wildman–Crippen LogP) is 1.77. The Morgan fingerprint density at radius 3 is 2.78 bits per heavy atom. The van der Waals surface area contributed by atoms with Gasteiger partial charge in [-0.3, -0.25) is 4.79 Å². The zero-order chi connectivity index (χ0) is 16.5. The number of aromatic hydroxyl groups is 2. The number of aliphatic hydroxyl groups is 1. The number of ketones is 1. The number of benzene rings is 1. The zero-order valence-electron chi connectivity index (χ0n) is 13.1. The van der Waals surface area contributed by atoms with Crippen LogP contribution in [0.4, 0.5) is 0 Å². The summed E-state index contributed by atoms with van der Waals surface area (Å²) in [7, 11) is 1.38. The predicted molar refractivity (Wildman–Crippen MR) is 79.7 cm³/mol. The van der Waals surface area contributed by atoms with E-state index in [-0.39, 0.29) is 40.1 Å². The quantitative estimate of drug-likeness (QED) is 0.683. The molecule has 2 aliphatic carbocycles. The fourth-order valence-electron chi connectivity index (χ4n) is 4.85. The van der Waals surface area contributed by atoms with Crippen molar-refractivity contribution in [3.05, 3.63) is 17.2 Å². The van der Waals surface area contributed by atoms with Gasteiger partial charge in [0.2, 0.25) is 0 Å². The van der Waals surface area contributed by atoms with Gasteiger partial charge >= 0.3 is 0 Å². The number of methoxy groups -OCH3 is 1. The highest BCUT2D eigenvalue weighted by molar-refractivity contribution is 6.05. The summed E-state index contributed by atoms with van der Waals surface area (Å²) < 4.78 is 11.0. The standard InChI is InChI=1S/C17H20O6/c1-17-10(19)4-3-7-6-23-16(17)12-11(15(21)13(7)17)8(18)5-9(22-2)14(12)20/h5,7,10,13,16,18-20H,3-4,6H2,1-2H3. The van der Waals surface area contributed by atoms with E-state index >= 15 is 0 Å². The lowest BCUT2D eigenvalue weighted by atomic mass is 9.51. The zero-order valence-corrected chi connectivity index (χ0v) is 13.1. The minimum absolute atomic E-state index is 0.0314. The lowest BCUT2D eigenvalue weighted by Gasteiger charge is -2.58. The normalized spacial score (nSPS) is 38.1. The SMILES string of the molecule is COc1cc(O)c2c(c1O)C1OCC3CCC(O)C1(C)C3C2=O. The number of ether oxygens (including phenoxy) is 2. The topological polar surface area (TPSA) is 96.2 Å². The molecule has 1 aromatic carbocycles. The van der Waals surface area contributed by atoms with E-state index in [1.807, 2.05) is 6.92 Å². The molecule has 1 heterocycles. The number of rotatable bonds is 1. The Morgan fingerprint density at radius 1 is 1.35 bits per heavy atom. The van der Waals surface area contributed by atoms with Crippen LogP contribution in [0.15, 0.2) is 6.07 Å². The molecule has 2 fully saturated rings. The molecule has 4 rings (SSSR count). The largest absolute Gasteiger partial charge is 0.507 e. The Hall–Kier alpha value is -1.79. The number of phenolic OH excluding ortho intramolecular Hbond substituents is 2. The van der Waals surface area contributed by atoms with E-state index in [0.29, 0.717) is 13.0 Å². The van der Waals surface area contributed by atoms with Crippen LogP contribution in [0.2, 0.25) is 0 Å². The molecular weight excluding hydrogens is 300 g/mol. The van der Waals surface area contributed by atoms with Gasteiger partial charge in [-0.25, -0.2) is 0 Å². The molecule has 0 amide bonds. The number of carbonyl (C=O) groups excluding carboxylic acids is 1. The van der Waals surface area contributed by atoms with Gasteiger partial charge in [0.1, 0.15) is 5.75 Å². The molecule has 23 heavy (non-hydrogen) atoms. The molecule has 0 spiro atoms. The van der Waals surface area contributed by atoms with Crippen molar-refractivity contribution in [1.29, 1.82) is 0 Å². The Balaban J connectivity index is 2.02. The third-order valence-electron chi connectivity index (χ3n) is 6.01. The molecule has 6 heteroatoms. The molecule has 3 N–H and O–H groups in total. The van der Waals surface area contributed by atoms with Crippen LogP contribution in [0.5, 0.6) is 17.2 Å². The number of Topliss-reactive ketones (excluding diaryl/α,β-unsaturated/α-hetero) is 1. The summed E-state index contributed by atoms with van der Waals surface area (Å²) in [5, 5.41) is 31.4. The molecule has 1 saturated heterocycles. The molecule has 1 aliphatic heterocycles. The van der Waals surface area contributed by atoms with E-state index in [0.717, 1.165) is 6.42 Å². The Kier molecular flexibility index (Phi) is 2.96. The second kappa shape index (κ2) is 4.61. The summed E-state index contributed by atoms with van der Waals surface area (Å²) in [6.45, 7) is 2.26. The van der Waals surface area contributed by atoms with Crippen LogP contribution in [0.1, 0.15) is 41.8 Å². The lowest BCUT2D eigenvalue weighted by molar-refractivity contribution is -0.206. The maximum Gasteiger partial charge on any atom is 0.171 e. The van der Waals surface area contributed by atoms with Gasteiger partial charge in [-0.05, 0) is 18.8 Å². The van der Waals surface area contributed by atoms with E-state index < -0.39 is 23.5 Å². The molecule has 3 aliphatic rings. The van der Waals surface area contributed by atoms with E-state index in [1.54, 1.807) is 0 Å². The van der Waals surface area contributed by atoms with E-state index in [4.69, 9.17) is 9.47 Å². The number of aliphatic hydroxyl groups excluding tert-OH is 1. The number of carbonyl (C=O) groups is 1. The Morgan fingerprint density at radius 2 is 2.09 bits per heavy atom. The van der Waals surface area contributed by atoms with Crippen molar-refractivity contribution in [3.8, 4) is 17.2 Å². The van der Waals surface area contributed by atoms with Crippen molar-refractivity contribution >= 4 is 5.78 Å². The number of phenols is 2. The Bertz CT molecular complexity index is 699. The van der Waals surface area contributed by atoms with Gasteiger partial charge in [0.15, 0.2) is 17.3 Å². The molecule has 1 saturated carbocycles. The van der Waals surface area contributed by atoms with Gasteiger partial charge in [0.05, 0.1) is 31.5 Å². The van der Waals surface area contributed by atoms with Crippen molar-refractivity contribution in [2.75, 3.05) is 13.7 Å². The third-order valence-corrected chi connectivity index (χ3v) is 6.01. The molecule has 0 radical (unpaired) electrons. The minimum atomic E-state index is -0.804. The van der Waals surface area contributed by atoms with Gasteiger partial charge in [-0.1, -0.05) is 6.92 Å². The smallest absolute Gasteiger partial charge is 0.171 e. The van der Waals surface area contributed by atoms with Gasteiger partial charge in [0.25, 0.3) is 0 Å². The van der Waals surface area contributed by atoms with Gasteiger partial charge < -0.3 is 24.8 Å². The number of hydrogen-bond donors (Lipinski definition) is 3. The summed E-state index contributed by atoms with van der Waals surface area (Å²) in [6.07, 6.45) is -0.0127. The first-order valence-corrected chi connectivity index (χ1v) is 7.88. The summed E-state index contributed by atoms with van der Waals surface area (Å²) in [4.78, 5) is 13.1. The van der Waals surface area contributed by atoms with Crippen LogP contribution in [-0.2, 0) is 4.74 Å². The van der Waals surface area contributed by atoms with Crippen molar-refractivity contribution in [3.63, 3.8) is 0 Å². The molecule has 6 nitrogen and oxygen atoms in total. The van der Waals surface area contributed by atoms with E-state index in [2.05, 4.69) is 0 Å². The average Bonchev–Trinajstić information content (AvgIpc) is 2.51. The second-order valence-electron chi connectivity index (χ2n) is 7.01. The van der Waals surface area contributed by atoms with Crippen molar-refractivity contribution in [2.45, 2.75) is 32.0 Å². The van der Waals surface area contributed by atoms with E-state index in [9.17, 15) is 20.1 Å². The van der Waals surface area contributed by atoms with Crippen molar-refractivity contribution < 1.29 is 29.6 Å². The van der Waals surface area contributed by atoms with Gasteiger partial charge in [-0.2, -0.15) is 0 Å². The van der Waals surface area contributed by atoms with Crippen LogP contribution >= 0.6 is 0 Å². The highest BCUT2D eigenvalue weighted by Gasteiger charge is 2.63. The summed E-state index contributed by atoms with van der Waals surface area (Å²) in [5.41, 5.74) is -0.457. The van der Waals surface area contributed by atoms with Crippen LogP contribution in [0, 0.1) is 17.3 Å². The monoisotopic (exact) mass is 320 g/mol. The molecule has 1 aromatic rings. The molecule has 5 unspecified atom stereocenters. The molecule has 4 bridgehead atoms. The van der Waals surface area contributed by atoms with E-state index in [1.165, 1.54) is 13.2 Å². The lowest BCUT2D eigenvalue weighted by Crippen LogP contribution is -2.60. The highest BCUT2D eigenvalue weighted by atomic mass is 16.5. The van der Waals surface area contributed by atoms with Gasteiger partial charge in [-0.15, -0.1) is 0 Å². The average molecular weight is 320 g/mol. The van der Waals surface area contributed by atoms with Crippen LogP contribution in [-0.4, -0.2) is 40.9 Å². The maximum absolute atomic E-state index is 13.1. The molecule has 124 valence electrons. The Labute approximate surface area is 133 Å². The third kappa shape index (κ3) is 1.63. The first-order valence-electron chi connectivity index (χ1n) is 7.88. The molecule has 0 aromatic heterocycles. The molecule has 5 atom stereocenters. The fraction of sp³-hybridized carbons (Fsp3) is 0.588. The van der Waals surface area contributed by atoms with Crippen LogP contribution in [0.25, 0.3) is 0 Å². The first-order chi connectivity index (χ1) is 10.9. The van der Waals surface area contributed by atoms with Crippen molar-refractivity contribution in [1.82, 2.24) is 0 Å². The van der Waals surface area contributed by atoms with Crippen LogP contribution in [0.3, 0.4) is 0 Å². The second-order valence-corrected chi connectivity index (χ2v) is 7.01. The summed E-state index contributed by atoms with van der Waals surface area (Å²) in [5.74, 6) is -0.918. The number of hydrogen-bond acceptors (Lipinski definition) is 6. The summed E-state index contributed by atoms with van der Waals surface area (Å²) in [6, 6.07) is 1.25. The van der Waals surface area contributed by atoms with Crippen LogP contribution < -0.4 is 4.74 Å². The highest BCUT2D eigenvalue weighted by Crippen LogP contribution is 2.63. The maximum atomic E-state index is 13.1. The first kappa shape index (κ1) is 14.8.